The molecule has 3 aromatic carbocycles. The maximum Gasteiger partial charge on any atom is 0.412 e. The molecule has 1 heterocycles. The molecular weight excluding hydrogens is 428 g/mol. The van der Waals surface area contributed by atoms with Crippen LogP contribution in [0.4, 0.5) is 10.5 Å². The lowest BCUT2D eigenvalue weighted by atomic mass is 9.92. The fraction of sp³-hybridized carbons (Fsp3) is 0.167. The summed E-state index contributed by atoms with van der Waals surface area (Å²) in [6.07, 6.45) is 1.14. The molecule has 170 valence electrons. The van der Waals surface area contributed by atoms with Crippen LogP contribution in [0.3, 0.4) is 0 Å². The van der Waals surface area contributed by atoms with E-state index in [1.54, 1.807) is 43.3 Å². The molecule has 0 bridgehead atoms. The quantitative estimate of drug-likeness (QED) is 0.251. The summed E-state index contributed by atoms with van der Waals surface area (Å²) in [4.78, 5) is 24.3. The van der Waals surface area contributed by atoms with E-state index in [-0.39, 0.29) is 12.5 Å². The predicted molar refractivity (Wildman–Crippen MR) is 119 cm³/mol. The van der Waals surface area contributed by atoms with Crippen molar-refractivity contribution in [3.05, 3.63) is 72.3 Å². The van der Waals surface area contributed by atoms with E-state index >= 15 is 0 Å². The second-order valence-corrected chi connectivity index (χ2v) is 7.43. The number of hydrogen-bond acceptors (Lipinski definition) is 7. The molecule has 33 heavy (non-hydrogen) atoms. The summed E-state index contributed by atoms with van der Waals surface area (Å²) in [7, 11) is 0. The van der Waals surface area contributed by atoms with Gasteiger partial charge in [-0.25, -0.2) is 10.3 Å². The highest BCUT2D eigenvalue weighted by Gasteiger charge is 2.25. The van der Waals surface area contributed by atoms with Crippen LogP contribution in [0.25, 0.3) is 10.8 Å². The predicted octanol–water partition coefficient (Wildman–Crippen LogP) is 4.26. The molecule has 9 nitrogen and oxygen atoms in total. The molecule has 3 aromatic rings. The number of fused-ring (bicyclic) bond motifs is 2. The number of phenols is 1. The van der Waals surface area contributed by atoms with Crippen LogP contribution in [0.15, 0.2) is 66.7 Å². The number of ether oxygens (including phenoxy) is 3. The van der Waals surface area contributed by atoms with Crippen LogP contribution in [0.5, 0.6) is 17.2 Å². The van der Waals surface area contributed by atoms with E-state index in [1.807, 2.05) is 12.1 Å². The van der Waals surface area contributed by atoms with Crippen LogP contribution in [-0.4, -0.2) is 29.1 Å². The normalized spacial score (nSPS) is 14.1. The highest BCUT2D eigenvalue weighted by molar-refractivity contribution is 5.92. The topological polar surface area (TPSA) is 126 Å². The molecule has 1 aliphatic heterocycles. The molecule has 0 fully saturated rings. The van der Waals surface area contributed by atoms with Gasteiger partial charge in [0.25, 0.3) is 5.91 Å². The average Bonchev–Trinajstić information content (AvgIpc) is 3.29. The zero-order valence-corrected chi connectivity index (χ0v) is 17.6. The number of benzene rings is 3. The first-order valence-corrected chi connectivity index (χ1v) is 10.2. The summed E-state index contributed by atoms with van der Waals surface area (Å²) in [5.41, 5.74) is 2.63. The summed E-state index contributed by atoms with van der Waals surface area (Å²) in [5, 5.41) is 23.0. The van der Waals surface area contributed by atoms with Gasteiger partial charge >= 0.3 is 6.09 Å². The number of carbonyl (C=O) groups is 2. The third-order valence-electron chi connectivity index (χ3n) is 5.23. The second kappa shape index (κ2) is 9.49. The van der Waals surface area contributed by atoms with Crippen molar-refractivity contribution in [2.75, 3.05) is 12.1 Å². The number of hydrogen-bond donors (Lipinski definition) is 4. The third kappa shape index (κ3) is 4.83. The summed E-state index contributed by atoms with van der Waals surface area (Å²) in [5.74, 6) is 0.0305. The molecule has 4 N–H and O–H groups in total. The van der Waals surface area contributed by atoms with E-state index in [9.17, 15) is 14.7 Å². The molecule has 0 spiro atoms. The number of hydroxylamine groups is 1. The lowest BCUT2D eigenvalue weighted by Crippen LogP contribution is -2.22. The fourth-order valence-corrected chi connectivity index (χ4v) is 3.62. The van der Waals surface area contributed by atoms with Crippen LogP contribution >= 0.6 is 0 Å². The summed E-state index contributed by atoms with van der Waals surface area (Å²) in [6.45, 7) is 1.88. The number of aromatic hydroxyl groups is 1. The van der Waals surface area contributed by atoms with E-state index in [4.69, 9.17) is 19.4 Å². The van der Waals surface area contributed by atoms with Crippen LogP contribution in [-0.2, 0) is 9.53 Å². The van der Waals surface area contributed by atoms with Gasteiger partial charge in [-0.15, -0.1) is 0 Å². The Bertz CT molecular complexity index is 1220. The first kappa shape index (κ1) is 22.0. The van der Waals surface area contributed by atoms with Crippen molar-refractivity contribution in [1.29, 1.82) is 0 Å². The molecule has 0 aliphatic carbocycles. The zero-order valence-electron chi connectivity index (χ0n) is 17.6. The van der Waals surface area contributed by atoms with Gasteiger partial charge in [0.1, 0.15) is 11.9 Å². The number of amides is 2. The largest absolute Gasteiger partial charge is 0.507 e. The van der Waals surface area contributed by atoms with Gasteiger partial charge in [-0.1, -0.05) is 43.3 Å². The highest BCUT2D eigenvalue weighted by Crippen LogP contribution is 2.37. The Morgan fingerprint density at radius 3 is 2.61 bits per heavy atom. The van der Waals surface area contributed by atoms with Crippen molar-refractivity contribution in [3.63, 3.8) is 0 Å². The summed E-state index contributed by atoms with van der Waals surface area (Å²) >= 11 is 0. The monoisotopic (exact) mass is 450 g/mol. The van der Waals surface area contributed by atoms with Gasteiger partial charge in [-0.05, 0) is 23.6 Å². The van der Waals surface area contributed by atoms with Crippen LogP contribution in [0.2, 0.25) is 0 Å². The van der Waals surface area contributed by atoms with Gasteiger partial charge in [-0.3, -0.25) is 15.3 Å². The first-order valence-electron chi connectivity index (χ1n) is 10.2. The van der Waals surface area contributed by atoms with E-state index in [1.165, 1.54) is 17.6 Å². The number of carbonyl (C=O) groups excluding carboxylic acids is 2. The molecule has 2 atom stereocenters. The van der Waals surface area contributed by atoms with Crippen molar-refractivity contribution in [2.45, 2.75) is 13.0 Å². The number of nitrogens with one attached hydrogen (secondary N) is 2. The fourth-order valence-electron chi connectivity index (χ4n) is 3.62. The maximum absolute atomic E-state index is 12.8. The first-order chi connectivity index (χ1) is 16.0. The summed E-state index contributed by atoms with van der Waals surface area (Å²) < 4.78 is 16.4. The van der Waals surface area contributed by atoms with Crippen molar-refractivity contribution >= 4 is 28.5 Å². The van der Waals surface area contributed by atoms with Gasteiger partial charge in [0.05, 0.1) is 0 Å². The molecular formula is C24H22N2O7. The Labute approximate surface area is 189 Å². The number of anilines is 1. The molecule has 1 aliphatic rings. The smallest absolute Gasteiger partial charge is 0.412 e. The highest BCUT2D eigenvalue weighted by atomic mass is 16.7. The lowest BCUT2D eigenvalue weighted by molar-refractivity contribution is -0.124. The summed E-state index contributed by atoms with van der Waals surface area (Å²) in [6, 6.07) is 15.4. The van der Waals surface area contributed by atoms with Crippen molar-refractivity contribution in [1.82, 2.24) is 5.48 Å². The Kier molecular flexibility index (Phi) is 6.32. The van der Waals surface area contributed by atoms with E-state index in [2.05, 4.69) is 5.32 Å². The van der Waals surface area contributed by atoms with Gasteiger partial charge < -0.3 is 19.3 Å². The SMILES string of the molecule is C[C@H](/C=C/C(=O)NO)[C@H](OC(=O)Nc1ccc2c(c1)OCO2)c1ccc(O)c2ccccc12. The third-order valence-corrected chi connectivity index (χ3v) is 5.23. The van der Waals surface area contributed by atoms with Gasteiger partial charge in [0.2, 0.25) is 6.79 Å². The van der Waals surface area contributed by atoms with Crippen molar-refractivity contribution in [3.8, 4) is 17.2 Å². The van der Waals surface area contributed by atoms with E-state index in [0.717, 1.165) is 6.08 Å². The molecule has 4 rings (SSSR count). The maximum atomic E-state index is 12.8. The van der Waals surface area contributed by atoms with Crippen LogP contribution in [0.1, 0.15) is 18.6 Å². The number of rotatable bonds is 6. The Morgan fingerprint density at radius 1 is 1.06 bits per heavy atom. The van der Waals surface area contributed by atoms with E-state index < -0.39 is 24.0 Å². The molecule has 0 saturated carbocycles. The Hall–Kier alpha value is -4.24. The molecule has 0 unspecified atom stereocenters. The molecule has 9 heteroatoms. The minimum absolute atomic E-state index is 0.0979. The lowest BCUT2D eigenvalue weighted by Gasteiger charge is -2.24. The average molecular weight is 450 g/mol. The Balaban J connectivity index is 1.63. The van der Waals surface area contributed by atoms with Crippen LogP contribution in [0, 0.1) is 5.92 Å². The van der Waals surface area contributed by atoms with Gasteiger partial charge in [0.15, 0.2) is 11.5 Å². The van der Waals surface area contributed by atoms with E-state index in [0.29, 0.717) is 33.5 Å². The van der Waals surface area contributed by atoms with Crippen molar-refractivity contribution < 1.29 is 34.1 Å². The molecule has 0 saturated heterocycles. The van der Waals surface area contributed by atoms with Crippen molar-refractivity contribution in [2.24, 2.45) is 5.92 Å². The molecule has 0 radical (unpaired) electrons. The molecule has 2 amide bonds. The van der Waals surface area contributed by atoms with Gasteiger partial charge in [-0.2, -0.15) is 0 Å². The number of phenolic OH excluding ortho intramolecular Hbond substituents is 1. The minimum Gasteiger partial charge on any atom is -0.507 e. The molecule has 0 aromatic heterocycles. The minimum atomic E-state index is -0.813. The van der Waals surface area contributed by atoms with Crippen LogP contribution < -0.4 is 20.3 Å². The second-order valence-electron chi connectivity index (χ2n) is 7.43. The standard InChI is InChI=1S/C24H22N2O7/c1-14(6-11-22(28)26-30)23(18-8-9-19(27)17-5-3-2-4-16(17)18)33-24(29)25-15-7-10-20-21(12-15)32-13-31-20/h2-12,14,23,27,30H,13H2,1H3,(H,25,29)(H,26,28)/b11-6+/t14-,23+/m1/s1. The van der Waals surface area contributed by atoms with Gasteiger partial charge in [0, 0.05) is 34.7 Å². The zero-order chi connectivity index (χ0) is 23.4. The Morgan fingerprint density at radius 2 is 1.82 bits per heavy atom.